The van der Waals surface area contributed by atoms with Crippen LogP contribution >= 0.6 is 0 Å². The molecule has 0 saturated carbocycles. The van der Waals surface area contributed by atoms with Gasteiger partial charge < -0.3 is 10.1 Å². The number of rotatable bonds is 4. The molecule has 4 N–H and O–H groups in total. The number of nitrogens with zero attached hydrogens (tertiary/aromatic N) is 3. The SMILES string of the molecule is COc1nc(NN)nc(Nc2cc(C)cc(F)c2)n1. The third-order valence-corrected chi connectivity index (χ3v) is 2.22. The maximum Gasteiger partial charge on any atom is 0.322 e. The summed E-state index contributed by atoms with van der Waals surface area (Å²) in [5, 5.41) is 2.86. The second kappa shape index (κ2) is 5.44. The number of hydrazine groups is 1. The number of aryl methyl sites for hydroxylation is 1. The molecule has 0 fully saturated rings. The number of ether oxygens (including phenoxy) is 1. The Morgan fingerprint density at radius 3 is 2.53 bits per heavy atom. The van der Waals surface area contributed by atoms with Crippen molar-refractivity contribution in [2.24, 2.45) is 5.84 Å². The molecule has 0 unspecified atom stereocenters. The maximum absolute atomic E-state index is 13.3. The molecule has 2 rings (SSSR count). The predicted octanol–water partition coefficient (Wildman–Crippen LogP) is 1.36. The summed E-state index contributed by atoms with van der Waals surface area (Å²) >= 11 is 0. The van der Waals surface area contributed by atoms with Crippen molar-refractivity contribution in [2.45, 2.75) is 6.92 Å². The van der Waals surface area contributed by atoms with E-state index in [4.69, 9.17) is 10.6 Å². The fourth-order valence-corrected chi connectivity index (χ4v) is 1.51. The van der Waals surface area contributed by atoms with Gasteiger partial charge in [-0.15, -0.1) is 0 Å². The van der Waals surface area contributed by atoms with Gasteiger partial charge in [-0.05, 0) is 30.7 Å². The van der Waals surface area contributed by atoms with Crippen molar-refractivity contribution in [3.8, 4) is 6.01 Å². The van der Waals surface area contributed by atoms with Crippen LogP contribution in [0.2, 0.25) is 0 Å². The fraction of sp³-hybridized carbons (Fsp3) is 0.182. The molecule has 0 radical (unpaired) electrons. The van der Waals surface area contributed by atoms with Crippen LogP contribution in [0.5, 0.6) is 6.01 Å². The Kier molecular flexibility index (Phi) is 3.71. The average molecular weight is 264 g/mol. The first kappa shape index (κ1) is 13.0. The topological polar surface area (TPSA) is 98.0 Å². The van der Waals surface area contributed by atoms with Crippen LogP contribution in [0.1, 0.15) is 5.56 Å². The number of hydrogen-bond acceptors (Lipinski definition) is 7. The van der Waals surface area contributed by atoms with Crippen LogP contribution < -0.4 is 21.3 Å². The van der Waals surface area contributed by atoms with Gasteiger partial charge in [-0.2, -0.15) is 15.0 Å². The van der Waals surface area contributed by atoms with E-state index in [1.165, 1.54) is 19.2 Å². The molecule has 0 saturated heterocycles. The van der Waals surface area contributed by atoms with Crippen LogP contribution in [0.3, 0.4) is 0 Å². The Bertz CT molecular complexity index is 549. The number of nitrogen functional groups attached to an aromatic ring is 1. The van der Waals surface area contributed by atoms with E-state index in [0.29, 0.717) is 5.69 Å². The van der Waals surface area contributed by atoms with Crippen LogP contribution in [0.25, 0.3) is 0 Å². The molecular weight excluding hydrogens is 251 g/mol. The lowest BCUT2D eigenvalue weighted by Gasteiger charge is -2.08. The Balaban J connectivity index is 2.31. The largest absolute Gasteiger partial charge is 0.467 e. The van der Waals surface area contributed by atoms with Crippen LogP contribution in [0.4, 0.5) is 22.0 Å². The smallest absolute Gasteiger partial charge is 0.322 e. The van der Waals surface area contributed by atoms with Crippen molar-refractivity contribution in [3.05, 3.63) is 29.6 Å². The van der Waals surface area contributed by atoms with E-state index in [9.17, 15) is 4.39 Å². The zero-order valence-corrected chi connectivity index (χ0v) is 10.4. The summed E-state index contributed by atoms with van der Waals surface area (Å²) in [5.41, 5.74) is 3.59. The number of benzene rings is 1. The molecular formula is C11H13FN6O. The lowest BCUT2D eigenvalue weighted by molar-refractivity contribution is 0.379. The van der Waals surface area contributed by atoms with Gasteiger partial charge in [0.1, 0.15) is 5.82 Å². The van der Waals surface area contributed by atoms with E-state index in [-0.39, 0.29) is 23.7 Å². The highest BCUT2D eigenvalue weighted by atomic mass is 19.1. The number of nitrogens with two attached hydrogens (primary N) is 1. The Hall–Kier alpha value is -2.48. The summed E-state index contributed by atoms with van der Waals surface area (Å²) < 4.78 is 18.2. The molecule has 1 aromatic carbocycles. The fourth-order valence-electron chi connectivity index (χ4n) is 1.51. The third kappa shape index (κ3) is 3.26. The number of hydrogen-bond donors (Lipinski definition) is 3. The summed E-state index contributed by atoms with van der Waals surface area (Å²) in [6.45, 7) is 1.79. The third-order valence-electron chi connectivity index (χ3n) is 2.22. The molecule has 0 atom stereocenters. The summed E-state index contributed by atoms with van der Waals surface area (Å²) in [5.74, 6) is 5.23. The first-order valence-electron chi connectivity index (χ1n) is 5.41. The number of aromatic nitrogens is 3. The highest BCUT2D eigenvalue weighted by molar-refractivity contribution is 5.55. The van der Waals surface area contributed by atoms with E-state index in [0.717, 1.165) is 5.56 Å². The second-order valence-electron chi connectivity index (χ2n) is 3.76. The zero-order chi connectivity index (χ0) is 13.8. The molecule has 0 aliphatic carbocycles. The molecule has 100 valence electrons. The number of anilines is 3. The summed E-state index contributed by atoms with van der Waals surface area (Å²) in [4.78, 5) is 11.8. The van der Waals surface area contributed by atoms with E-state index in [1.807, 2.05) is 0 Å². The van der Waals surface area contributed by atoms with Gasteiger partial charge in [-0.3, -0.25) is 5.43 Å². The van der Waals surface area contributed by atoms with Gasteiger partial charge >= 0.3 is 6.01 Å². The normalized spacial score (nSPS) is 10.1. The Morgan fingerprint density at radius 1 is 1.16 bits per heavy atom. The van der Waals surface area contributed by atoms with Gasteiger partial charge in [0.05, 0.1) is 7.11 Å². The first-order chi connectivity index (χ1) is 9.10. The maximum atomic E-state index is 13.3. The molecule has 19 heavy (non-hydrogen) atoms. The lowest BCUT2D eigenvalue weighted by Crippen LogP contribution is -2.13. The van der Waals surface area contributed by atoms with Crippen LogP contribution in [-0.2, 0) is 0 Å². The van der Waals surface area contributed by atoms with E-state index >= 15 is 0 Å². The standard InChI is InChI=1S/C11H13FN6O/c1-6-3-7(12)5-8(4-6)14-9-15-10(18-13)17-11(16-9)19-2/h3-5H,13H2,1-2H3,(H2,14,15,16,17,18). The minimum Gasteiger partial charge on any atom is -0.467 e. The highest BCUT2D eigenvalue weighted by Gasteiger charge is 2.07. The molecule has 0 spiro atoms. The second-order valence-corrected chi connectivity index (χ2v) is 3.76. The lowest BCUT2D eigenvalue weighted by atomic mass is 10.2. The van der Waals surface area contributed by atoms with Crippen LogP contribution in [0, 0.1) is 12.7 Å². The molecule has 2 aromatic rings. The minimum atomic E-state index is -0.347. The summed E-state index contributed by atoms with van der Waals surface area (Å²) in [6, 6.07) is 4.61. The van der Waals surface area contributed by atoms with Crippen molar-refractivity contribution in [3.63, 3.8) is 0 Å². The van der Waals surface area contributed by atoms with Crippen molar-refractivity contribution in [1.82, 2.24) is 15.0 Å². The molecule has 7 nitrogen and oxygen atoms in total. The van der Waals surface area contributed by atoms with E-state index in [2.05, 4.69) is 25.7 Å². The van der Waals surface area contributed by atoms with Gasteiger partial charge in [0.2, 0.25) is 11.9 Å². The quantitative estimate of drug-likeness (QED) is 0.566. The number of nitrogens with one attached hydrogen (secondary N) is 2. The monoisotopic (exact) mass is 264 g/mol. The molecule has 0 bridgehead atoms. The van der Waals surface area contributed by atoms with Gasteiger partial charge in [0.25, 0.3) is 0 Å². The van der Waals surface area contributed by atoms with Crippen molar-refractivity contribution >= 4 is 17.6 Å². The minimum absolute atomic E-state index is 0.0959. The van der Waals surface area contributed by atoms with Crippen LogP contribution in [0.15, 0.2) is 18.2 Å². The number of halogens is 1. The molecule has 0 amide bonds. The summed E-state index contributed by atoms with van der Waals surface area (Å²) in [7, 11) is 1.42. The van der Waals surface area contributed by atoms with Gasteiger partial charge in [0.15, 0.2) is 0 Å². The first-order valence-corrected chi connectivity index (χ1v) is 5.41. The molecule has 0 aliphatic rings. The van der Waals surface area contributed by atoms with E-state index in [1.54, 1.807) is 13.0 Å². The van der Waals surface area contributed by atoms with Crippen molar-refractivity contribution < 1.29 is 9.13 Å². The van der Waals surface area contributed by atoms with Gasteiger partial charge in [-0.25, -0.2) is 10.2 Å². The summed E-state index contributed by atoms with van der Waals surface area (Å²) in [6.07, 6.45) is 0. The van der Waals surface area contributed by atoms with Crippen molar-refractivity contribution in [1.29, 1.82) is 0 Å². The average Bonchev–Trinajstić information content (AvgIpc) is 2.37. The van der Waals surface area contributed by atoms with E-state index < -0.39 is 0 Å². The zero-order valence-electron chi connectivity index (χ0n) is 10.4. The highest BCUT2D eigenvalue weighted by Crippen LogP contribution is 2.18. The predicted molar refractivity (Wildman–Crippen MR) is 68.6 cm³/mol. The van der Waals surface area contributed by atoms with Gasteiger partial charge in [0, 0.05) is 5.69 Å². The van der Waals surface area contributed by atoms with Gasteiger partial charge in [-0.1, -0.05) is 0 Å². The Labute approximate surface area is 109 Å². The van der Waals surface area contributed by atoms with Crippen molar-refractivity contribution in [2.75, 3.05) is 17.9 Å². The molecule has 8 heteroatoms. The molecule has 1 heterocycles. The van der Waals surface area contributed by atoms with Crippen LogP contribution in [-0.4, -0.2) is 22.1 Å². The molecule has 0 aliphatic heterocycles. The Morgan fingerprint density at radius 2 is 1.89 bits per heavy atom. The molecule has 1 aromatic heterocycles. The number of methoxy groups -OCH3 is 1.